The molecular weight excluding hydrogens is 280 g/mol. The van der Waals surface area contributed by atoms with E-state index >= 15 is 0 Å². The Balaban J connectivity index is 1.56. The molecule has 0 unspecified atom stereocenters. The van der Waals surface area contributed by atoms with Crippen LogP contribution in [0.4, 0.5) is 0 Å². The number of nitrogens with one attached hydrogen (secondary N) is 1. The van der Waals surface area contributed by atoms with Gasteiger partial charge >= 0.3 is 0 Å². The normalized spacial score (nSPS) is 16.0. The minimum absolute atomic E-state index is 0.0598. The van der Waals surface area contributed by atoms with E-state index in [1.54, 1.807) is 12.4 Å². The molecule has 1 aliphatic heterocycles. The fourth-order valence-corrected chi connectivity index (χ4v) is 2.62. The Bertz CT molecular complexity index is 660. The third kappa shape index (κ3) is 3.30. The lowest BCUT2D eigenvalue weighted by Crippen LogP contribution is -2.48. The van der Waals surface area contributed by atoms with Crippen LogP contribution in [0.25, 0.3) is 0 Å². The first-order valence-electron chi connectivity index (χ1n) is 7.43. The van der Waals surface area contributed by atoms with Crippen molar-refractivity contribution in [1.29, 1.82) is 0 Å². The number of piperazine rings is 1. The maximum atomic E-state index is 12.5. The van der Waals surface area contributed by atoms with Crippen LogP contribution in [0.5, 0.6) is 0 Å². The lowest BCUT2D eigenvalue weighted by atomic mass is 10.2. The number of H-pyrrole nitrogens is 1. The Morgan fingerprint density at radius 1 is 1.23 bits per heavy atom. The molecule has 2 aromatic heterocycles. The van der Waals surface area contributed by atoms with Crippen molar-refractivity contribution in [1.82, 2.24) is 30.0 Å². The number of carbonyl (C=O) groups is 1. The van der Waals surface area contributed by atoms with Crippen LogP contribution >= 0.6 is 0 Å². The average molecular weight is 300 g/mol. The number of amides is 1. The highest BCUT2D eigenvalue weighted by molar-refractivity contribution is 5.94. The molecule has 1 saturated heterocycles. The van der Waals surface area contributed by atoms with Crippen LogP contribution in [0.15, 0.2) is 18.5 Å². The van der Waals surface area contributed by atoms with E-state index in [1.807, 2.05) is 24.8 Å². The molecule has 0 bridgehead atoms. The molecule has 1 aliphatic rings. The highest BCUT2D eigenvalue weighted by Gasteiger charge is 2.23. The van der Waals surface area contributed by atoms with Gasteiger partial charge in [-0.2, -0.15) is 5.10 Å². The summed E-state index contributed by atoms with van der Waals surface area (Å²) >= 11 is 0. The van der Waals surface area contributed by atoms with Crippen molar-refractivity contribution in [2.75, 3.05) is 26.2 Å². The summed E-state index contributed by atoms with van der Waals surface area (Å²) in [6.45, 7) is 7.66. The maximum absolute atomic E-state index is 12.5. The van der Waals surface area contributed by atoms with E-state index in [0.29, 0.717) is 5.56 Å². The first-order valence-corrected chi connectivity index (χ1v) is 7.43. The Hall–Kier alpha value is -2.28. The summed E-state index contributed by atoms with van der Waals surface area (Å²) in [4.78, 5) is 25.0. The molecule has 0 atom stereocenters. The average Bonchev–Trinajstić information content (AvgIpc) is 2.92. The van der Waals surface area contributed by atoms with Gasteiger partial charge < -0.3 is 4.90 Å². The molecule has 3 rings (SSSR count). The van der Waals surface area contributed by atoms with Gasteiger partial charge in [-0.15, -0.1) is 0 Å². The minimum atomic E-state index is 0.0598. The molecule has 0 aliphatic carbocycles. The summed E-state index contributed by atoms with van der Waals surface area (Å²) in [7, 11) is 0. The zero-order valence-corrected chi connectivity index (χ0v) is 12.9. The smallest absolute Gasteiger partial charge is 0.255 e. The number of nitrogens with zero attached hydrogens (tertiary/aromatic N) is 5. The van der Waals surface area contributed by atoms with E-state index in [1.165, 1.54) is 0 Å². The van der Waals surface area contributed by atoms with Crippen molar-refractivity contribution in [3.8, 4) is 0 Å². The van der Waals surface area contributed by atoms with Crippen molar-refractivity contribution in [2.24, 2.45) is 0 Å². The first-order chi connectivity index (χ1) is 10.6. The molecule has 0 radical (unpaired) electrons. The Morgan fingerprint density at radius 3 is 2.64 bits per heavy atom. The highest BCUT2D eigenvalue weighted by atomic mass is 16.2. The number of rotatable bonds is 3. The molecular formula is C15H20N6O. The third-order valence-corrected chi connectivity index (χ3v) is 3.79. The van der Waals surface area contributed by atoms with Crippen molar-refractivity contribution in [3.63, 3.8) is 0 Å². The molecule has 2 aromatic rings. The SMILES string of the molecule is Cc1cncc(C(=O)N2CCN(Cc3n[nH]c(C)n3)CC2)c1. The molecule has 0 spiro atoms. The van der Waals surface area contributed by atoms with Gasteiger partial charge in [-0.05, 0) is 25.5 Å². The topological polar surface area (TPSA) is 78.0 Å². The fraction of sp³-hybridized carbons (Fsp3) is 0.467. The predicted molar refractivity (Wildman–Crippen MR) is 81.3 cm³/mol. The number of aryl methyl sites for hydroxylation is 2. The van der Waals surface area contributed by atoms with E-state index in [4.69, 9.17) is 0 Å². The number of hydrogen-bond acceptors (Lipinski definition) is 5. The Labute approximate surface area is 129 Å². The second-order valence-electron chi connectivity index (χ2n) is 5.66. The number of pyridine rings is 1. The van der Waals surface area contributed by atoms with Crippen LogP contribution < -0.4 is 0 Å². The molecule has 7 heteroatoms. The summed E-state index contributed by atoms with van der Waals surface area (Å²) in [5, 5.41) is 7.01. The van der Waals surface area contributed by atoms with E-state index < -0.39 is 0 Å². The van der Waals surface area contributed by atoms with Gasteiger partial charge in [0.05, 0.1) is 12.1 Å². The van der Waals surface area contributed by atoms with Crippen molar-refractivity contribution < 1.29 is 4.79 Å². The Kier molecular flexibility index (Phi) is 4.15. The number of hydrogen-bond donors (Lipinski definition) is 1. The molecule has 116 valence electrons. The van der Waals surface area contributed by atoms with Gasteiger partial charge in [-0.25, -0.2) is 4.98 Å². The van der Waals surface area contributed by atoms with Gasteiger partial charge in [0, 0.05) is 38.6 Å². The highest BCUT2D eigenvalue weighted by Crippen LogP contribution is 2.10. The lowest BCUT2D eigenvalue weighted by molar-refractivity contribution is 0.0625. The van der Waals surface area contributed by atoms with Crippen LogP contribution in [-0.4, -0.2) is 62.1 Å². The van der Waals surface area contributed by atoms with Crippen molar-refractivity contribution in [2.45, 2.75) is 20.4 Å². The lowest BCUT2D eigenvalue weighted by Gasteiger charge is -2.34. The summed E-state index contributed by atoms with van der Waals surface area (Å²) in [5.41, 5.74) is 1.67. The molecule has 7 nitrogen and oxygen atoms in total. The van der Waals surface area contributed by atoms with Crippen LogP contribution in [0, 0.1) is 13.8 Å². The van der Waals surface area contributed by atoms with Crippen LogP contribution in [0.2, 0.25) is 0 Å². The molecule has 0 aromatic carbocycles. The standard InChI is InChI=1S/C15H20N6O/c1-11-7-13(9-16-8-11)15(22)21-5-3-20(4-6-21)10-14-17-12(2)18-19-14/h7-9H,3-6,10H2,1-2H3,(H,17,18,19). The summed E-state index contributed by atoms with van der Waals surface area (Å²) < 4.78 is 0. The monoisotopic (exact) mass is 300 g/mol. The zero-order chi connectivity index (χ0) is 15.5. The van der Waals surface area contributed by atoms with Crippen LogP contribution in [-0.2, 0) is 6.54 Å². The Morgan fingerprint density at radius 2 is 2.00 bits per heavy atom. The second kappa shape index (κ2) is 6.23. The van der Waals surface area contributed by atoms with Crippen LogP contribution in [0.3, 0.4) is 0 Å². The van der Waals surface area contributed by atoms with Gasteiger partial charge in [0.15, 0.2) is 5.82 Å². The van der Waals surface area contributed by atoms with E-state index in [2.05, 4.69) is 25.1 Å². The summed E-state index contributed by atoms with van der Waals surface area (Å²) in [6, 6.07) is 1.89. The van der Waals surface area contributed by atoms with Gasteiger partial charge in [0.25, 0.3) is 5.91 Å². The molecule has 1 fully saturated rings. The molecule has 3 heterocycles. The summed E-state index contributed by atoms with van der Waals surface area (Å²) in [6.07, 6.45) is 3.39. The largest absolute Gasteiger partial charge is 0.336 e. The van der Waals surface area contributed by atoms with Crippen molar-refractivity contribution in [3.05, 3.63) is 41.2 Å². The van der Waals surface area contributed by atoms with Gasteiger partial charge in [0.2, 0.25) is 0 Å². The van der Waals surface area contributed by atoms with Gasteiger partial charge in [0.1, 0.15) is 5.82 Å². The van der Waals surface area contributed by atoms with E-state index in [-0.39, 0.29) is 5.91 Å². The van der Waals surface area contributed by atoms with Crippen molar-refractivity contribution >= 4 is 5.91 Å². The van der Waals surface area contributed by atoms with Crippen LogP contribution in [0.1, 0.15) is 27.6 Å². The summed E-state index contributed by atoms with van der Waals surface area (Å²) in [5.74, 6) is 1.69. The van der Waals surface area contributed by atoms with Gasteiger partial charge in [-0.3, -0.25) is 19.8 Å². The maximum Gasteiger partial charge on any atom is 0.255 e. The zero-order valence-electron chi connectivity index (χ0n) is 12.9. The van der Waals surface area contributed by atoms with Gasteiger partial charge in [-0.1, -0.05) is 0 Å². The number of aromatic amines is 1. The quantitative estimate of drug-likeness (QED) is 0.906. The first kappa shape index (κ1) is 14.6. The van der Waals surface area contributed by atoms with E-state index in [0.717, 1.165) is 49.9 Å². The predicted octanol–water partition coefficient (Wildman–Crippen LogP) is 0.775. The number of aromatic nitrogens is 4. The number of carbonyl (C=O) groups excluding carboxylic acids is 1. The molecule has 0 saturated carbocycles. The third-order valence-electron chi connectivity index (χ3n) is 3.79. The fourth-order valence-electron chi connectivity index (χ4n) is 2.62. The second-order valence-corrected chi connectivity index (χ2v) is 5.66. The molecule has 1 amide bonds. The minimum Gasteiger partial charge on any atom is -0.336 e. The molecule has 22 heavy (non-hydrogen) atoms. The molecule has 1 N–H and O–H groups in total. The van der Waals surface area contributed by atoms with E-state index in [9.17, 15) is 4.79 Å².